The summed E-state index contributed by atoms with van der Waals surface area (Å²) in [5, 5.41) is 0. The van der Waals surface area contributed by atoms with Gasteiger partial charge in [-0.2, -0.15) is 0 Å². The normalized spacial score (nSPS) is 16.6. The van der Waals surface area contributed by atoms with E-state index in [1.165, 1.54) is 11.3 Å². The first-order valence-corrected chi connectivity index (χ1v) is 10.9. The molecule has 0 saturated heterocycles. The number of rotatable bonds is 9. The minimum absolute atomic E-state index is 0.260. The highest BCUT2D eigenvalue weighted by Crippen LogP contribution is 2.41. The summed E-state index contributed by atoms with van der Waals surface area (Å²) < 4.78 is 0. The van der Waals surface area contributed by atoms with Gasteiger partial charge in [0.25, 0.3) is 0 Å². The van der Waals surface area contributed by atoms with Gasteiger partial charge in [-0.3, -0.25) is 9.59 Å². The number of allylic oxidation sites excluding steroid dienone is 2. The largest absolute Gasteiger partial charge is 0.311 e. The van der Waals surface area contributed by atoms with Gasteiger partial charge in [0.05, 0.1) is 6.54 Å². The summed E-state index contributed by atoms with van der Waals surface area (Å²) in [6.07, 6.45) is 9.21. The van der Waals surface area contributed by atoms with Crippen LogP contribution in [-0.2, 0) is 11.3 Å². The first kappa shape index (κ1) is 22.4. The molecule has 0 N–H and O–H groups in total. The van der Waals surface area contributed by atoms with Crippen LogP contribution in [-0.4, -0.2) is 17.1 Å². The third-order valence-electron chi connectivity index (χ3n) is 6.40. The average molecular weight is 384 g/mol. The molecule has 3 nitrogen and oxygen atoms in total. The van der Waals surface area contributed by atoms with Crippen LogP contribution < -0.4 is 0 Å². The molecule has 154 valence electrons. The van der Waals surface area contributed by atoms with Crippen LogP contribution in [0.3, 0.4) is 0 Å². The fourth-order valence-corrected chi connectivity index (χ4v) is 4.21. The molecule has 1 aliphatic carbocycles. The van der Waals surface area contributed by atoms with Crippen molar-refractivity contribution in [1.82, 2.24) is 4.90 Å². The van der Waals surface area contributed by atoms with E-state index in [1.54, 1.807) is 0 Å². The second-order valence-corrected chi connectivity index (χ2v) is 8.65. The summed E-state index contributed by atoms with van der Waals surface area (Å²) in [5.41, 5.74) is 4.94. The highest BCUT2D eigenvalue weighted by molar-refractivity contribution is 5.84. The average Bonchev–Trinajstić information content (AvgIpc) is 3.15. The lowest BCUT2D eigenvalue weighted by molar-refractivity contribution is -0.139. The van der Waals surface area contributed by atoms with Crippen LogP contribution in [0.4, 0.5) is 0 Å². The Morgan fingerprint density at radius 1 is 1.21 bits per heavy atom. The number of carbonyl (C=O) groups excluding carboxylic acids is 2. The fourth-order valence-electron chi connectivity index (χ4n) is 4.21. The molecular formula is C25H37NO2. The Morgan fingerprint density at radius 3 is 2.46 bits per heavy atom. The van der Waals surface area contributed by atoms with Gasteiger partial charge < -0.3 is 4.90 Å². The van der Waals surface area contributed by atoms with Gasteiger partial charge in [0, 0.05) is 16.7 Å². The van der Waals surface area contributed by atoms with Crippen molar-refractivity contribution in [3.05, 3.63) is 46.2 Å². The molecule has 0 spiro atoms. The van der Waals surface area contributed by atoms with E-state index in [9.17, 15) is 9.59 Å². The number of hydrogen-bond acceptors (Lipinski definition) is 2. The van der Waals surface area contributed by atoms with Crippen molar-refractivity contribution in [2.75, 3.05) is 0 Å². The number of hydrogen-bond donors (Lipinski definition) is 0. The first-order valence-electron chi connectivity index (χ1n) is 10.9. The third kappa shape index (κ3) is 5.12. The van der Waals surface area contributed by atoms with E-state index in [0.29, 0.717) is 12.1 Å². The lowest BCUT2D eigenvalue weighted by atomic mass is 9.86. The summed E-state index contributed by atoms with van der Waals surface area (Å²) in [6.45, 7) is 11.2. The topological polar surface area (TPSA) is 37.4 Å². The molecule has 0 unspecified atom stereocenters. The number of unbranched alkanes of at least 4 members (excludes halogenated alkanes) is 1. The molecule has 28 heavy (non-hydrogen) atoms. The summed E-state index contributed by atoms with van der Waals surface area (Å²) in [7, 11) is 0. The molecule has 0 radical (unpaired) electrons. The summed E-state index contributed by atoms with van der Waals surface area (Å²) in [6, 6.07) is 5.98. The number of nitrogens with zero attached hydrogens (tertiary/aromatic N) is 1. The van der Waals surface area contributed by atoms with E-state index < -0.39 is 0 Å². The standard InChI is InChI=1S/C25H37NO2/c1-6-8-11-23(19(3)7-2)26(24(28)25(5)14-9-10-15-25)17-21-13-12-20(4)22(16-21)18-27/h12-13,16,18H,6-11,14-15,17H2,1-5H3/b23-19-. The Balaban J connectivity index is 2.45. The molecule has 1 fully saturated rings. The van der Waals surface area contributed by atoms with Crippen molar-refractivity contribution in [3.63, 3.8) is 0 Å². The zero-order chi connectivity index (χ0) is 20.7. The van der Waals surface area contributed by atoms with Crippen molar-refractivity contribution in [1.29, 1.82) is 0 Å². The second kappa shape index (κ2) is 10.0. The Kier molecular flexibility index (Phi) is 8.03. The molecule has 2 rings (SSSR count). The molecule has 1 aromatic carbocycles. The van der Waals surface area contributed by atoms with E-state index in [0.717, 1.165) is 68.8 Å². The third-order valence-corrected chi connectivity index (χ3v) is 6.40. The predicted octanol–water partition coefficient (Wildman–Crippen LogP) is 6.59. The van der Waals surface area contributed by atoms with Gasteiger partial charge in [0.1, 0.15) is 6.29 Å². The summed E-state index contributed by atoms with van der Waals surface area (Å²) in [4.78, 5) is 27.2. The van der Waals surface area contributed by atoms with Crippen LogP contribution >= 0.6 is 0 Å². The van der Waals surface area contributed by atoms with Gasteiger partial charge in [0.15, 0.2) is 0 Å². The van der Waals surface area contributed by atoms with Crippen molar-refractivity contribution in [2.45, 2.75) is 92.5 Å². The van der Waals surface area contributed by atoms with Crippen LogP contribution in [0.1, 0.15) is 101 Å². The molecule has 0 aliphatic heterocycles. The maximum absolute atomic E-state index is 13.7. The SMILES string of the molecule is CCCC/C(=C(\C)CC)N(Cc1ccc(C)c(C=O)c1)C(=O)C1(C)CCCC1. The summed E-state index contributed by atoms with van der Waals surface area (Å²) >= 11 is 0. The summed E-state index contributed by atoms with van der Waals surface area (Å²) in [5.74, 6) is 0.261. The minimum Gasteiger partial charge on any atom is -0.311 e. The van der Waals surface area contributed by atoms with Crippen molar-refractivity contribution >= 4 is 12.2 Å². The molecule has 0 bridgehead atoms. The van der Waals surface area contributed by atoms with Crippen LogP contribution in [0, 0.1) is 12.3 Å². The number of aldehydes is 1. The smallest absolute Gasteiger partial charge is 0.232 e. The molecule has 0 aromatic heterocycles. The molecule has 0 heterocycles. The van der Waals surface area contributed by atoms with Crippen molar-refractivity contribution in [2.24, 2.45) is 5.41 Å². The monoisotopic (exact) mass is 383 g/mol. The minimum atomic E-state index is -0.260. The highest BCUT2D eigenvalue weighted by Gasteiger charge is 2.40. The lowest BCUT2D eigenvalue weighted by Gasteiger charge is -2.35. The Morgan fingerprint density at radius 2 is 1.89 bits per heavy atom. The van der Waals surface area contributed by atoms with Crippen LogP contribution in [0.25, 0.3) is 0 Å². The van der Waals surface area contributed by atoms with Gasteiger partial charge in [-0.15, -0.1) is 0 Å². The zero-order valence-corrected chi connectivity index (χ0v) is 18.4. The Labute approximate surface area is 171 Å². The van der Waals surface area contributed by atoms with E-state index in [1.807, 2.05) is 19.1 Å². The molecule has 1 amide bonds. The van der Waals surface area contributed by atoms with Gasteiger partial charge in [-0.25, -0.2) is 0 Å². The predicted molar refractivity (Wildman–Crippen MR) is 116 cm³/mol. The maximum Gasteiger partial charge on any atom is 0.232 e. The first-order chi connectivity index (χ1) is 13.4. The van der Waals surface area contributed by atoms with Gasteiger partial charge in [-0.1, -0.05) is 57.7 Å². The highest BCUT2D eigenvalue weighted by atomic mass is 16.2. The van der Waals surface area contributed by atoms with Gasteiger partial charge in [0.2, 0.25) is 5.91 Å². The van der Waals surface area contributed by atoms with E-state index in [4.69, 9.17) is 0 Å². The zero-order valence-electron chi connectivity index (χ0n) is 18.4. The van der Waals surface area contributed by atoms with Crippen LogP contribution in [0.2, 0.25) is 0 Å². The van der Waals surface area contributed by atoms with E-state index in [2.05, 4.69) is 38.7 Å². The molecule has 1 saturated carbocycles. The molecule has 3 heteroatoms. The van der Waals surface area contributed by atoms with Crippen LogP contribution in [0.5, 0.6) is 0 Å². The molecule has 1 aliphatic rings. The van der Waals surface area contributed by atoms with Crippen molar-refractivity contribution < 1.29 is 9.59 Å². The van der Waals surface area contributed by atoms with Gasteiger partial charge >= 0.3 is 0 Å². The quantitative estimate of drug-likeness (QED) is 0.451. The molecule has 1 aromatic rings. The molecule has 0 atom stereocenters. The second-order valence-electron chi connectivity index (χ2n) is 8.65. The maximum atomic E-state index is 13.7. The Hall–Kier alpha value is -1.90. The number of aryl methyl sites for hydroxylation is 1. The number of carbonyl (C=O) groups is 2. The molecular weight excluding hydrogens is 346 g/mol. The van der Waals surface area contributed by atoms with Crippen LogP contribution in [0.15, 0.2) is 29.5 Å². The number of benzene rings is 1. The van der Waals surface area contributed by atoms with E-state index >= 15 is 0 Å². The fraction of sp³-hybridized carbons (Fsp3) is 0.600. The van der Waals surface area contributed by atoms with Gasteiger partial charge in [-0.05, 0) is 63.1 Å². The van der Waals surface area contributed by atoms with E-state index in [-0.39, 0.29) is 11.3 Å². The Bertz CT molecular complexity index is 726. The number of amides is 1. The van der Waals surface area contributed by atoms with Crippen molar-refractivity contribution in [3.8, 4) is 0 Å². The lowest BCUT2D eigenvalue weighted by Crippen LogP contribution is -2.40.